The fourth-order valence-corrected chi connectivity index (χ4v) is 3.66. The summed E-state index contributed by atoms with van der Waals surface area (Å²) in [5.41, 5.74) is 2.76. The molecule has 2 aliphatic heterocycles. The smallest absolute Gasteiger partial charge is 0.334 e. The monoisotopic (exact) mass is 412 g/mol. The lowest BCUT2D eigenvalue weighted by atomic mass is 9.90. The first kappa shape index (κ1) is 19.6. The van der Waals surface area contributed by atoms with E-state index >= 15 is 0 Å². The average molecular weight is 412 g/mol. The third-order valence-corrected chi connectivity index (χ3v) is 5.04. The molecule has 0 spiro atoms. The maximum absolute atomic E-state index is 12.1. The van der Waals surface area contributed by atoms with E-state index in [4.69, 9.17) is 28.4 Å². The SMILES string of the molecule is COc1cc(CC2=CCOC2=O)c(-c2cc3c(cc2C=O)OCO3)c(OC)c1OC. The van der Waals surface area contributed by atoms with Crippen LogP contribution < -0.4 is 23.7 Å². The minimum Gasteiger partial charge on any atom is -0.493 e. The van der Waals surface area contributed by atoms with Gasteiger partial charge in [0.2, 0.25) is 12.5 Å². The average Bonchev–Trinajstić information content (AvgIpc) is 3.39. The zero-order chi connectivity index (χ0) is 21.3. The highest BCUT2D eigenvalue weighted by molar-refractivity contribution is 5.95. The van der Waals surface area contributed by atoms with Crippen LogP contribution in [0, 0.1) is 0 Å². The number of esters is 1. The molecule has 8 nitrogen and oxygen atoms in total. The van der Waals surface area contributed by atoms with Crippen molar-refractivity contribution in [3.8, 4) is 39.9 Å². The van der Waals surface area contributed by atoms with Crippen LogP contribution in [0.4, 0.5) is 0 Å². The molecule has 0 radical (unpaired) electrons. The number of methoxy groups -OCH3 is 3. The standard InChI is InChI=1S/C22H20O8/c1-25-18-7-13(6-12-4-5-28-22(12)24)19(21(27-3)20(18)26-2)15-9-17-16(29-11-30-17)8-14(15)10-23/h4,7-10H,5-6,11H2,1-3H3. The summed E-state index contributed by atoms with van der Waals surface area (Å²) in [7, 11) is 4.52. The summed E-state index contributed by atoms with van der Waals surface area (Å²) in [6, 6.07) is 5.11. The third kappa shape index (κ3) is 3.20. The molecule has 0 fully saturated rings. The normalized spacial score (nSPS) is 14.2. The molecule has 0 aromatic heterocycles. The number of rotatable bonds is 7. The number of carbonyl (C=O) groups is 2. The van der Waals surface area contributed by atoms with Gasteiger partial charge in [0.05, 0.1) is 21.3 Å². The van der Waals surface area contributed by atoms with E-state index in [1.54, 1.807) is 24.3 Å². The number of cyclic esters (lactones) is 1. The Morgan fingerprint density at radius 2 is 1.70 bits per heavy atom. The van der Waals surface area contributed by atoms with Crippen LogP contribution in [0.15, 0.2) is 29.8 Å². The van der Waals surface area contributed by atoms with E-state index in [1.807, 2.05) is 0 Å². The highest BCUT2D eigenvalue weighted by atomic mass is 16.7. The van der Waals surface area contributed by atoms with E-state index < -0.39 is 0 Å². The van der Waals surface area contributed by atoms with Gasteiger partial charge >= 0.3 is 5.97 Å². The largest absolute Gasteiger partial charge is 0.493 e. The van der Waals surface area contributed by atoms with Gasteiger partial charge in [0, 0.05) is 28.7 Å². The lowest BCUT2D eigenvalue weighted by Gasteiger charge is -2.21. The summed E-state index contributed by atoms with van der Waals surface area (Å²) in [6.45, 7) is 0.309. The van der Waals surface area contributed by atoms with E-state index in [1.165, 1.54) is 21.3 Å². The highest BCUT2D eigenvalue weighted by Crippen LogP contribution is 2.50. The second-order valence-corrected chi connectivity index (χ2v) is 6.59. The number of fused-ring (bicyclic) bond motifs is 1. The van der Waals surface area contributed by atoms with Crippen LogP contribution in [0.2, 0.25) is 0 Å². The van der Waals surface area contributed by atoms with Gasteiger partial charge in [-0.3, -0.25) is 4.79 Å². The Balaban J connectivity index is 1.99. The highest BCUT2D eigenvalue weighted by Gasteiger charge is 2.28. The Kier molecular flexibility index (Phi) is 5.22. The third-order valence-electron chi connectivity index (χ3n) is 5.04. The number of aldehydes is 1. The molecule has 0 bridgehead atoms. The molecule has 0 aliphatic carbocycles. The molecule has 0 amide bonds. The van der Waals surface area contributed by atoms with Gasteiger partial charge in [0.15, 0.2) is 29.3 Å². The fraction of sp³-hybridized carbons (Fsp3) is 0.273. The van der Waals surface area contributed by atoms with Gasteiger partial charge in [0.1, 0.15) is 6.61 Å². The van der Waals surface area contributed by atoms with Crippen molar-refractivity contribution >= 4 is 12.3 Å². The van der Waals surface area contributed by atoms with Crippen molar-refractivity contribution in [1.29, 1.82) is 0 Å². The minimum atomic E-state index is -0.379. The predicted octanol–water partition coefficient (Wildman–Crippen LogP) is 2.95. The van der Waals surface area contributed by atoms with E-state index in [2.05, 4.69) is 0 Å². The molecular formula is C22H20O8. The van der Waals surface area contributed by atoms with Crippen molar-refractivity contribution in [3.05, 3.63) is 41.0 Å². The molecule has 8 heteroatoms. The molecule has 30 heavy (non-hydrogen) atoms. The number of hydrogen-bond donors (Lipinski definition) is 0. The molecule has 4 rings (SSSR count). The zero-order valence-corrected chi connectivity index (χ0v) is 16.8. The van der Waals surface area contributed by atoms with Gasteiger partial charge < -0.3 is 28.4 Å². The summed E-state index contributed by atoms with van der Waals surface area (Å²) in [5.74, 6) is 1.81. The summed E-state index contributed by atoms with van der Waals surface area (Å²) in [6.07, 6.45) is 2.73. The van der Waals surface area contributed by atoms with Gasteiger partial charge in [-0.25, -0.2) is 4.79 Å². The Morgan fingerprint density at radius 1 is 0.967 bits per heavy atom. The van der Waals surface area contributed by atoms with E-state index in [-0.39, 0.29) is 25.8 Å². The maximum atomic E-state index is 12.1. The van der Waals surface area contributed by atoms with Crippen LogP contribution in [0.1, 0.15) is 15.9 Å². The number of carbonyl (C=O) groups excluding carboxylic acids is 2. The van der Waals surface area contributed by atoms with Crippen molar-refractivity contribution in [2.75, 3.05) is 34.7 Å². The van der Waals surface area contributed by atoms with Gasteiger partial charge in [-0.15, -0.1) is 0 Å². The Labute approximate surface area is 172 Å². The van der Waals surface area contributed by atoms with Crippen molar-refractivity contribution < 1.29 is 38.0 Å². The lowest BCUT2D eigenvalue weighted by Crippen LogP contribution is -2.06. The van der Waals surface area contributed by atoms with Gasteiger partial charge in [0.25, 0.3) is 0 Å². The molecule has 0 atom stereocenters. The minimum absolute atomic E-state index is 0.0751. The van der Waals surface area contributed by atoms with Gasteiger partial charge in [-0.05, 0) is 29.8 Å². The summed E-state index contributed by atoms with van der Waals surface area (Å²) in [4.78, 5) is 24.0. The van der Waals surface area contributed by atoms with Crippen LogP contribution in [0.3, 0.4) is 0 Å². The first-order valence-corrected chi connectivity index (χ1v) is 9.18. The quantitative estimate of drug-likeness (QED) is 0.507. The Bertz CT molecular complexity index is 1050. The molecule has 0 N–H and O–H groups in total. The topological polar surface area (TPSA) is 89.5 Å². The number of benzene rings is 2. The summed E-state index contributed by atoms with van der Waals surface area (Å²) < 4.78 is 32.6. The van der Waals surface area contributed by atoms with Crippen LogP contribution >= 0.6 is 0 Å². The van der Waals surface area contributed by atoms with Gasteiger partial charge in [-0.2, -0.15) is 0 Å². The first-order chi connectivity index (χ1) is 14.6. The number of hydrogen-bond acceptors (Lipinski definition) is 8. The van der Waals surface area contributed by atoms with E-state index in [0.29, 0.717) is 56.6 Å². The molecule has 2 aromatic rings. The summed E-state index contributed by atoms with van der Waals surface area (Å²) in [5, 5.41) is 0. The molecule has 156 valence electrons. The first-order valence-electron chi connectivity index (χ1n) is 9.18. The van der Waals surface area contributed by atoms with Crippen LogP contribution in [0.5, 0.6) is 28.7 Å². The Hall–Kier alpha value is -3.68. The van der Waals surface area contributed by atoms with Crippen molar-refractivity contribution in [2.45, 2.75) is 6.42 Å². The van der Waals surface area contributed by atoms with Crippen molar-refractivity contribution in [3.63, 3.8) is 0 Å². The summed E-state index contributed by atoms with van der Waals surface area (Å²) >= 11 is 0. The van der Waals surface area contributed by atoms with Crippen LogP contribution in [-0.4, -0.2) is 47.0 Å². The maximum Gasteiger partial charge on any atom is 0.334 e. The van der Waals surface area contributed by atoms with Crippen LogP contribution in [-0.2, 0) is 16.0 Å². The predicted molar refractivity (Wildman–Crippen MR) is 106 cm³/mol. The fourth-order valence-electron chi connectivity index (χ4n) is 3.66. The zero-order valence-electron chi connectivity index (χ0n) is 16.8. The van der Waals surface area contributed by atoms with E-state index in [0.717, 1.165) is 6.29 Å². The molecule has 2 aliphatic rings. The van der Waals surface area contributed by atoms with Crippen molar-refractivity contribution in [1.82, 2.24) is 0 Å². The van der Waals surface area contributed by atoms with Crippen LogP contribution in [0.25, 0.3) is 11.1 Å². The molecular weight excluding hydrogens is 392 g/mol. The molecule has 0 saturated heterocycles. The van der Waals surface area contributed by atoms with Gasteiger partial charge in [-0.1, -0.05) is 0 Å². The van der Waals surface area contributed by atoms with Crippen molar-refractivity contribution in [2.24, 2.45) is 0 Å². The van der Waals surface area contributed by atoms with E-state index in [9.17, 15) is 9.59 Å². The second kappa shape index (κ2) is 7.98. The second-order valence-electron chi connectivity index (χ2n) is 6.59. The number of ether oxygens (including phenoxy) is 6. The molecule has 0 unspecified atom stereocenters. The lowest BCUT2D eigenvalue weighted by molar-refractivity contribution is -0.136. The molecule has 2 aromatic carbocycles. The molecule has 0 saturated carbocycles. The Morgan fingerprint density at radius 3 is 2.30 bits per heavy atom. The molecule has 2 heterocycles.